The Balaban J connectivity index is 2.54. The number of thioether (sulfide) groups is 1. The molecule has 0 saturated carbocycles. The van der Waals surface area contributed by atoms with Gasteiger partial charge in [-0.3, -0.25) is 0 Å². The normalized spacial score (nSPS) is 15.1. The summed E-state index contributed by atoms with van der Waals surface area (Å²) in [6.07, 6.45) is 5.20. The maximum Gasteiger partial charge on any atom is 0.118 e. The lowest BCUT2D eigenvalue weighted by molar-refractivity contribution is 0.474. The van der Waals surface area contributed by atoms with Crippen LogP contribution in [0.15, 0.2) is 22.8 Å². The highest BCUT2D eigenvalue weighted by atomic mass is 32.2. The Hall–Kier alpha value is -0.410. The van der Waals surface area contributed by atoms with Crippen molar-refractivity contribution in [3.8, 4) is 0 Å². The highest BCUT2D eigenvalue weighted by Gasteiger charge is 2.20. The average Bonchev–Trinajstić information content (AvgIpc) is 2.77. The van der Waals surface area contributed by atoms with Crippen LogP contribution >= 0.6 is 11.8 Å². The van der Waals surface area contributed by atoms with Crippen molar-refractivity contribution in [1.82, 2.24) is 0 Å². The van der Waals surface area contributed by atoms with Gasteiger partial charge in [0.15, 0.2) is 0 Å². The van der Waals surface area contributed by atoms with Crippen LogP contribution in [-0.2, 0) is 0 Å². The van der Waals surface area contributed by atoms with E-state index in [1.807, 2.05) is 23.9 Å². The van der Waals surface area contributed by atoms with Crippen molar-refractivity contribution in [2.24, 2.45) is 5.73 Å². The van der Waals surface area contributed by atoms with Gasteiger partial charge in [-0.25, -0.2) is 0 Å². The average molecular weight is 227 g/mol. The molecule has 0 saturated heterocycles. The maximum absolute atomic E-state index is 6.11. The monoisotopic (exact) mass is 227 g/mol. The van der Waals surface area contributed by atoms with Crippen molar-refractivity contribution >= 4 is 11.8 Å². The molecule has 1 rings (SSSR count). The highest BCUT2D eigenvalue weighted by Crippen LogP contribution is 2.33. The van der Waals surface area contributed by atoms with E-state index in [4.69, 9.17) is 10.2 Å². The van der Waals surface area contributed by atoms with Crippen molar-refractivity contribution in [2.75, 3.05) is 5.75 Å². The molecule has 2 unspecified atom stereocenters. The molecule has 0 radical (unpaired) electrons. The van der Waals surface area contributed by atoms with Crippen LogP contribution in [0.3, 0.4) is 0 Å². The van der Waals surface area contributed by atoms with E-state index in [2.05, 4.69) is 13.8 Å². The van der Waals surface area contributed by atoms with Crippen LogP contribution in [0.1, 0.15) is 44.1 Å². The molecule has 2 N–H and O–H groups in total. The molecular weight excluding hydrogens is 206 g/mol. The summed E-state index contributed by atoms with van der Waals surface area (Å²) in [5.74, 6) is 2.18. The standard InChI is InChI=1S/C12H21NOS/c1-3-5-9-15-12(10(13)4-2)11-7-6-8-14-11/h6-8,10,12H,3-5,9,13H2,1-2H3. The predicted octanol–water partition coefficient (Wildman–Crippen LogP) is 3.59. The van der Waals surface area contributed by atoms with E-state index in [1.165, 1.54) is 12.8 Å². The molecule has 2 nitrogen and oxygen atoms in total. The van der Waals surface area contributed by atoms with Gasteiger partial charge in [-0.15, -0.1) is 11.8 Å². The van der Waals surface area contributed by atoms with Crippen LogP contribution in [0.25, 0.3) is 0 Å². The lowest BCUT2D eigenvalue weighted by Crippen LogP contribution is -2.25. The summed E-state index contributed by atoms with van der Waals surface area (Å²) in [5.41, 5.74) is 6.11. The molecular formula is C12H21NOS. The topological polar surface area (TPSA) is 39.2 Å². The van der Waals surface area contributed by atoms with Crippen LogP contribution in [-0.4, -0.2) is 11.8 Å². The fourth-order valence-electron chi connectivity index (χ4n) is 1.44. The van der Waals surface area contributed by atoms with Crippen molar-refractivity contribution in [1.29, 1.82) is 0 Å². The zero-order valence-electron chi connectivity index (χ0n) is 9.61. The van der Waals surface area contributed by atoms with Gasteiger partial charge < -0.3 is 10.2 Å². The molecule has 0 aliphatic heterocycles. The molecule has 1 aromatic rings. The Labute approximate surface area is 96.6 Å². The largest absolute Gasteiger partial charge is 0.468 e. The Morgan fingerprint density at radius 1 is 1.47 bits per heavy atom. The fourth-order valence-corrected chi connectivity index (χ4v) is 2.89. The molecule has 3 heteroatoms. The minimum atomic E-state index is 0.193. The van der Waals surface area contributed by atoms with Crippen LogP contribution < -0.4 is 5.73 Å². The van der Waals surface area contributed by atoms with E-state index < -0.39 is 0 Å². The first kappa shape index (κ1) is 12.7. The summed E-state index contributed by atoms with van der Waals surface area (Å²) in [6, 6.07) is 4.16. The fraction of sp³-hybridized carbons (Fsp3) is 0.667. The minimum absolute atomic E-state index is 0.193. The summed E-state index contributed by atoms with van der Waals surface area (Å²) >= 11 is 1.92. The first-order chi connectivity index (χ1) is 7.29. The van der Waals surface area contributed by atoms with E-state index in [9.17, 15) is 0 Å². The van der Waals surface area contributed by atoms with Crippen molar-refractivity contribution < 1.29 is 4.42 Å². The van der Waals surface area contributed by atoms with Gasteiger partial charge in [-0.05, 0) is 30.7 Å². The van der Waals surface area contributed by atoms with Gasteiger partial charge in [0.05, 0.1) is 11.5 Å². The summed E-state index contributed by atoms with van der Waals surface area (Å²) in [6.45, 7) is 4.34. The molecule has 0 aromatic carbocycles. The van der Waals surface area contributed by atoms with Crippen LogP contribution in [0.4, 0.5) is 0 Å². The molecule has 1 aromatic heterocycles. The zero-order valence-corrected chi connectivity index (χ0v) is 10.4. The van der Waals surface area contributed by atoms with Crippen molar-refractivity contribution in [2.45, 2.75) is 44.4 Å². The van der Waals surface area contributed by atoms with Gasteiger partial charge in [0, 0.05) is 6.04 Å². The second-order valence-electron chi connectivity index (χ2n) is 3.73. The van der Waals surface area contributed by atoms with E-state index in [0.29, 0.717) is 5.25 Å². The molecule has 0 spiro atoms. The molecule has 0 amide bonds. The van der Waals surface area contributed by atoms with Gasteiger partial charge >= 0.3 is 0 Å². The third-order valence-electron chi connectivity index (χ3n) is 2.48. The Kier molecular flexibility index (Phi) is 5.88. The summed E-state index contributed by atoms with van der Waals surface area (Å²) in [7, 11) is 0. The number of hydrogen-bond acceptors (Lipinski definition) is 3. The van der Waals surface area contributed by atoms with Gasteiger partial charge in [-0.1, -0.05) is 20.3 Å². The van der Waals surface area contributed by atoms with Gasteiger partial charge in [0.25, 0.3) is 0 Å². The molecule has 86 valence electrons. The van der Waals surface area contributed by atoms with E-state index in [-0.39, 0.29) is 6.04 Å². The third-order valence-corrected chi connectivity index (χ3v) is 3.94. The second-order valence-corrected chi connectivity index (χ2v) is 4.98. The highest BCUT2D eigenvalue weighted by molar-refractivity contribution is 7.99. The number of furan rings is 1. The van der Waals surface area contributed by atoms with Crippen molar-refractivity contribution in [3.63, 3.8) is 0 Å². The molecule has 1 heterocycles. The van der Waals surface area contributed by atoms with Crippen LogP contribution in [0.5, 0.6) is 0 Å². The summed E-state index contributed by atoms with van der Waals surface area (Å²) in [4.78, 5) is 0. The van der Waals surface area contributed by atoms with Gasteiger partial charge in [0.1, 0.15) is 5.76 Å². The Morgan fingerprint density at radius 3 is 2.80 bits per heavy atom. The predicted molar refractivity (Wildman–Crippen MR) is 67.1 cm³/mol. The Bertz CT molecular complexity index is 248. The number of rotatable bonds is 7. The van der Waals surface area contributed by atoms with Gasteiger partial charge in [0.2, 0.25) is 0 Å². The number of unbranched alkanes of at least 4 members (excludes halogenated alkanes) is 1. The Morgan fingerprint density at radius 2 is 2.27 bits per heavy atom. The quantitative estimate of drug-likeness (QED) is 0.723. The molecule has 2 atom stereocenters. The number of nitrogens with two attached hydrogens (primary N) is 1. The lowest BCUT2D eigenvalue weighted by atomic mass is 10.1. The molecule has 15 heavy (non-hydrogen) atoms. The minimum Gasteiger partial charge on any atom is -0.468 e. The summed E-state index contributed by atoms with van der Waals surface area (Å²) in [5, 5.41) is 0.316. The second kappa shape index (κ2) is 6.96. The van der Waals surface area contributed by atoms with E-state index in [1.54, 1.807) is 6.26 Å². The van der Waals surface area contributed by atoms with Gasteiger partial charge in [-0.2, -0.15) is 0 Å². The maximum atomic E-state index is 6.11. The van der Waals surface area contributed by atoms with Crippen LogP contribution in [0, 0.1) is 0 Å². The van der Waals surface area contributed by atoms with Crippen molar-refractivity contribution in [3.05, 3.63) is 24.2 Å². The lowest BCUT2D eigenvalue weighted by Gasteiger charge is -2.20. The smallest absolute Gasteiger partial charge is 0.118 e. The first-order valence-corrected chi connectivity index (χ1v) is 6.75. The zero-order chi connectivity index (χ0) is 11.1. The first-order valence-electron chi connectivity index (χ1n) is 5.70. The molecule has 0 aliphatic carbocycles. The SMILES string of the molecule is CCCCSC(c1ccco1)C(N)CC. The summed E-state index contributed by atoms with van der Waals surface area (Å²) < 4.78 is 5.45. The third kappa shape index (κ3) is 3.92. The molecule has 0 aliphatic rings. The number of hydrogen-bond donors (Lipinski definition) is 1. The molecule has 0 fully saturated rings. The van der Waals surface area contributed by atoms with E-state index in [0.717, 1.165) is 17.9 Å². The molecule has 0 bridgehead atoms. The van der Waals surface area contributed by atoms with E-state index >= 15 is 0 Å². The van der Waals surface area contributed by atoms with Crippen LogP contribution in [0.2, 0.25) is 0 Å².